The number of carbonyl (C=O) groups excluding carboxylic acids is 1. The number of pyridine rings is 1. The molecule has 0 saturated heterocycles. The average Bonchev–Trinajstić information content (AvgIpc) is 2.58. The third kappa shape index (κ3) is 4.91. The predicted molar refractivity (Wildman–Crippen MR) is 89.3 cm³/mol. The number of anilines is 1. The highest BCUT2D eigenvalue weighted by Gasteiger charge is 2.05. The van der Waals surface area contributed by atoms with Crippen LogP contribution in [-0.4, -0.2) is 33.9 Å². The molecular formula is C16H21N5O2. The van der Waals surface area contributed by atoms with Gasteiger partial charge in [0.15, 0.2) is 0 Å². The normalized spacial score (nSPS) is 10.3. The maximum atomic E-state index is 11.6. The van der Waals surface area contributed by atoms with Crippen LogP contribution in [-0.2, 0) is 11.2 Å². The van der Waals surface area contributed by atoms with Crippen LogP contribution in [0.15, 0.2) is 29.2 Å². The van der Waals surface area contributed by atoms with Gasteiger partial charge in [-0.1, -0.05) is 13.8 Å². The number of nitrogens with one attached hydrogen (secondary N) is 3. The minimum absolute atomic E-state index is 0.0700. The summed E-state index contributed by atoms with van der Waals surface area (Å²) in [4.78, 5) is 34.4. The topological polar surface area (TPSA) is 99.8 Å². The second-order valence-electron chi connectivity index (χ2n) is 5.07. The molecular weight excluding hydrogens is 294 g/mol. The summed E-state index contributed by atoms with van der Waals surface area (Å²) in [6.45, 7) is 4.78. The van der Waals surface area contributed by atoms with E-state index in [1.807, 2.05) is 13.8 Å². The zero-order chi connectivity index (χ0) is 16.7. The number of amides is 1. The van der Waals surface area contributed by atoms with E-state index < -0.39 is 0 Å². The van der Waals surface area contributed by atoms with E-state index in [0.717, 1.165) is 17.7 Å². The van der Waals surface area contributed by atoms with E-state index in [4.69, 9.17) is 0 Å². The summed E-state index contributed by atoms with van der Waals surface area (Å²) >= 11 is 0. The van der Waals surface area contributed by atoms with E-state index in [-0.39, 0.29) is 18.0 Å². The Bertz CT molecular complexity index is 709. The maximum Gasteiger partial charge on any atom is 0.251 e. The summed E-state index contributed by atoms with van der Waals surface area (Å²) in [5.41, 5.74) is 1.28. The van der Waals surface area contributed by atoms with Gasteiger partial charge < -0.3 is 15.6 Å². The SMILES string of the molecule is CCCNC(=O)CNc1ccc(-c2nc(CC)cc(=O)[nH]2)cn1. The van der Waals surface area contributed by atoms with E-state index in [1.54, 1.807) is 18.3 Å². The molecule has 0 saturated carbocycles. The van der Waals surface area contributed by atoms with Gasteiger partial charge in [0.25, 0.3) is 5.56 Å². The molecule has 2 heterocycles. The smallest absolute Gasteiger partial charge is 0.251 e. The Morgan fingerprint density at radius 3 is 2.78 bits per heavy atom. The first-order valence-electron chi connectivity index (χ1n) is 7.69. The van der Waals surface area contributed by atoms with E-state index in [0.29, 0.717) is 24.6 Å². The van der Waals surface area contributed by atoms with E-state index in [2.05, 4.69) is 25.6 Å². The molecule has 3 N–H and O–H groups in total. The van der Waals surface area contributed by atoms with Crippen LogP contribution in [0.2, 0.25) is 0 Å². The highest BCUT2D eigenvalue weighted by atomic mass is 16.2. The summed E-state index contributed by atoms with van der Waals surface area (Å²) in [5, 5.41) is 5.73. The van der Waals surface area contributed by atoms with Crippen molar-refractivity contribution in [1.29, 1.82) is 0 Å². The van der Waals surface area contributed by atoms with Crippen LogP contribution >= 0.6 is 0 Å². The molecule has 0 atom stereocenters. The van der Waals surface area contributed by atoms with E-state index in [9.17, 15) is 9.59 Å². The van der Waals surface area contributed by atoms with Crippen molar-refractivity contribution in [1.82, 2.24) is 20.3 Å². The molecule has 0 aliphatic carbocycles. The van der Waals surface area contributed by atoms with E-state index >= 15 is 0 Å². The quantitative estimate of drug-likeness (QED) is 0.716. The van der Waals surface area contributed by atoms with Crippen LogP contribution in [0.25, 0.3) is 11.4 Å². The molecule has 0 unspecified atom stereocenters. The Morgan fingerprint density at radius 1 is 1.30 bits per heavy atom. The summed E-state index contributed by atoms with van der Waals surface area (Å²) in [6, 6.07) is 5.04. The highest BCUT2D eigenvalue weighted by Crippen LogP contribution is 2.14. The van der Waals surface area contributed by atoms with Crippen LogP contribution in [0, 0.1) is 0 Å². The molecule has 1 amide bonds. The van der Waals surface area contributed by atoms with Crippen molar-refractivity contribution in [2.75, 3.05) is 18.4 Å². The molecule has 2 aromatic rings. The lowest BCUT2D eigenvalue weighted by atomic mass is 10.2. The average molecular weight is 315 g/mol. The van der Waals surface area contributed by atoms with Gasteiger partial charge in [0, 0.05) is 30.1 Å². The van der Waals surface area contributed by atoms with Crippen molar-refractivity contribution in [3.8, 4) is 11.4 Å². The molecule has 0 aliphatic heterocycles. The van der Waals surface area contributed by atoms with Gasteiger partial charge in [-0.25, -0.2) is 9.97 Å². The largest absolute Gasteiger partial charge is 0.361 e. The molecule has 122 valence electrons. The molecule has 2 rings (SSSR count). The van der Waals surface area contributed by atoms with Crippen molar-refractivity contribution in [3.63, 3.8) is 0 Å². The lowest BCUT2D eigenvalue weighted by Gasteiger charge is -2.07. The Hall–Kier alpha value is -2.70. The number of nitrogens with zero attached hydrogens (tertiary/aromatic N) is 2. The Kier molecular flexibility index (Phi) is 5.85. The number of rotatable bonds is 7. The Balaban J connectivity index is 2.03. The predicted octanol–water partition coefficient (Wildman–Crippen LogP) is 1.33. The fourth-order valence-corrected chi connectivity index (χ4v) is 1.96. The molecule has 23 heavy (non-hydrogen) atoms. The minimum Gasteiger partial charge on any atom is -0.361 e. The second kappa shape index (κ2) is 8.07. The molecule has 7 heteroatoms. The maximum absolute atomic E-state index is 11.6. The van der Waals surface area contributed by atoms with Gasteiger partial charge in [0.1, 0.15) is 11.6 Å². The molecule has 0 aliphatic rings. The number of aromatic amines is 1. The number of H-pyrrole nitrogens is 1. The fourth-order valence-electron chi connectivity index (χ4n) is 1.96. The van der Waals surface area contributed by atoms with Gasteiger partial charge in [0.05, 0.1) is 6.54 Å². The molecule has 7 nitrogen and oxygen atoms in total. The van der Waals surface area contributed by atoms with Gasteiger partial charge >= 0.3 is 0 Å². The monoisotopic (exact) mass is 315 g/mol. The van der Waals surface area contributed by atoms with Gasteiger partial charge in [-0.05, 0) is 25.0 Å². The molecule has 0 fully saturated rings. The number of aromatic nitrogens is 3. The van der Waals surface area contributed by atoms with Crippen molar-refractivity contribution in [3.05, 3.63) is 40.4 Å². The third-order valence-corrected chi connectivity index (χ3v) is 3.20. The van der Waals surface area contributed by atoms with Crippen LogP contribution in [0.5, 0.6) is 0 Å². The molecule has 0 spiro atoms. The van der Waals surface area contributed by atoms with Crippen molar-refractivity contribution < 1.29 is 4.79 Å². The fraction of sp³-hybridized carbons (Fsp3) is 0.375. The number of carbonyl (C=O) groups is 1. The summed E-state index contributed by atoms with van der Waals surface area (Å²) in [6.07, 6.45) is 3.21. The van der Waals surface area contributed by atoms with Crippen LogP contribution in [0.3, 0.4) is 0 Å². The lowest BCUT2D eigenvalue weighted by Crippen LogP contribution is -2.30. The number of hydrogen-bond donors (Lipinski definition) is 3. The Labute approximate surface area is 134 Å². The summed E-state index contributed by atoms with van der Waals surface area (Å²) in [5.74, 6) is 1.02. The van der Waals surface area contributed by atoms with Crippen LogP contribution in [0.4, 0.5) is 5.82 Å². The van der Waals surface area contributed by atoms with Gasteiger partial charge in [0.2, 0.25) is 5.91 Å². The van der Waals surface area contributed by atoms with Crippen LogP contribution in [0.1, 0.15) is 26.0 Å². The first-order chi connectivity index (χ1) is 11.1. The number of hydrogen-bond acceptors (Lipinski definition) is 5. The van der Waals surface area contributed by atoms with Crippen molar-refractivity contribution in [2.24, 2.45) is 0 Å². The zero-order valence-electron chi connectivity index (χ0n) is 13.3. The summed E-state index contributed by atoms with van der Waals surface area (Å²) in [7, 11) is 0. The van der Waals surface area contributed by atoms with Gasteiger partial charge in [-0.3, -0.25) is 9.59 Å². The Morgan fingerprint density at radius 2 is 2.13 bits per heavy atom. The lowest BCUT2D eigenvalue weighted by molar-refractivity contribution is -0.119. The van der Waals surface area contributed by atoms with Crippen molar-refractivity contribution >= 4 is 11.7 Å². The molecule has 0 radical (unpaired) electrons. The molecule has 0 aromatic carbocycles. The first kappa shape index (κ1) is 16.7. The van der Waals surface area contributed by atoms with Gasteiger partial charge in [-0.2, -0.15) is 0 Å². The second-order valence-corrected chi connectivity index (χ2v) is 5.07. The van der Waals surface area contributed by atoms with Crippen molar-refractivity contribution in [2.45, 2.75) is 26.7 Å². The standard InChI is InChI=1S/C16H21N5O2/c1-3-7-17-15(23)10-19-13-6-5-11(9-18-13)16-20-12(4-2)8-14(22)21-16/h5-6,8-9H,3-4,7,10H2,1-2H3,(H,17,23)(H,18,19)(H,20,21,22). The van der Waals surface area contributed by atoms with E-state index in [1.165, 1.54) is 6.07 Å². The number of aryl methyl sites for hydroxylation is 1. The minimum atomic E-state index is -0.179. The highest BCUT2D eigenvalue weighted by molar-refractivity contribution is 5.80. The summed E-state index contributed by atoms with van der Waals surface area (Å²) < 4.78 is 0. The molecule has 2 aromatic heterocycles. The van der Waals surface area contributed by atoms with Crippen LogP contribution < -0.4 is 16.2 Å². The first-order valence-corrected chi connectivity index (χ1v) is 7.69. The third-order valence-electron chi connectivity index (χ3n) is 3.20. The van der Waals surface area contributed by atoms with Gasteiger partial charge in [-0.15, -0.1) is 0 Å². The molecule has 0 bridgehead atoms. The zero-order valence-corrected chi connectivity index (χ0v) is 13.3.